The lowest BCUT2D eigenvalue weighted by Gasteiger charge is -2.08. The van der Waals surface area contributed by atoms with Gasteiger partial charge in [-0.3, -0.25) is 4.79 Å². The Labute approximate surface area is 124 Å². The van der Waals surface area contributed by atoms with Crippen LogP contribution in [0, 0.1) is 5.82 Å². The van der Waals surface area contributed by atoms with Gasteiger partial charge in [-0.1, -0.05) is 40.2 Å². The molecule has 100 valence electrons. The molecule has 0 unspecified atom stereocenters. The largest absolute Gasteiger partial charge is 0.311 e. The summed E-state index contributed by atoms with van der Waals surface area (Å²) in [5.41, 5.74) is 2.61. The van der Waals surface area contributed by atoms with Gasteiger partial charge in [-0.15, -0.1) is 0 Å². The zero-order valence-electron chi connectivity index (χ0n) is 10.7. The average Bonchev–Trinajstić information content (AvgIpc) is 2.67. The first-order valence-electron chi connectivity index (χ1n) is 6.12. The third kappa shape index (κ3) is 2.06. The van der Waals surface area contributed by atoms with Gasteiger partial charge >= 0.3 is 0 Å². The van der Waals surface area contributed by atoms with Crippen molar-refractivity contribution < 1.29 is 9.18 Å². The molecule has 1 amide bonds. The van der Waals surface area contributed by atoms with Gasteiger partial charge in [-0.25, -0.2) is 4.39 Å². The quantitative estimate of drug-likeness (QED) is 0.720. The zero-order valence-corrected chi connectivity index (χ0v) is 12.3. The molecule has 4 heteroatoms. The molecule has 20 heavy (non-hydrogen) atoms. The monoisotopic (exact) mass is 331 g/mol. The fourth-order valence-electron chi connectivity index (χ4n) is 2.31. The Kier molecular flexibility index (Phi) is 3.18. The minimum Gasteiger partial charge on any atom is -0.311 e. The van der Waals surface area contributed by atoms with Crippen molar-refractivity contribution in [3.05, 3.63) is 63.9 Å². The minimum absolute atomic E-state index is 0.117. The summed E-state index contributed by atoms with van der Waals surface area (Å²) in [5.74, 6) is -0.472. The molecule has 0 N–H and O–H groups in total. The lowest BCUT2D eigenvalue weighted by molar-refractivity contribution is -0.112. The Morgan fingerprint density at radius 2 is 1.95 bits per heavy atom. The highest BCUT2D eigenvalue weighted by Crippen LogP contribution is 2.36. The van der Waals surface area contributed by atoms with Crippen LogP contribution >= 0.6 is 15.9 Å². The van der Waals surface area contributed by atoms with E-state index in [9.17, 15) is 9.18 Å². The van der Waals surface area contributed by atoms with Gasteiger partial charge in [0.05, 0.1) is 5.69 Å². The summed E-state index contributed by atoms with van der Waals surface area (Å²) < 4.78 is 14.6. The number of hydrogen-bond donors (Lipinski definition) is 0. The number of benzene rings is 2. The molecule has 0 aromatic heterocycles. The van der Waals surface area contributed by atoms with E-state index in [0.717, 1.165) is 11.3 Å². The van der Waals surface area contributed by atoms with Crippen LogP contribution in [0.1, 0.15) is 11.1 Å². The van der Waals surface area contributed by atoms with Crippen LogP contribution in [-0.2, 0) is 4.79 Å². The summed E-state index contributed by atoms with van der Waals surface area (Å²) in [6.45, 7) is 0. The van der Waals surface area contributed by atoms with Gasteiger partial charge in [0.2, 0.25) is 0 Å². The van der Waals surface area contributed by atoms with Crippen molar-refractivity contribution in [2.45, 2.75) is 0 Å². The number of anilines is 1. The van der Waals surface area contributed by atoms with Gasteiger partial charge < -0.3 is 4.90 Å². The van der Waals surface area contributed by atoms with Gasteiger partial charge in [0, 0.05) is 28.2 Å². The molecule has 1 aliphatic rings. The van der Waals surface area contributed by atoms with E-state index in [0.29, 0.717) is 15.6 Å². The number of fused-ring (bicyclic) bond motifs is 1. The molecule has 0 saturated carbocycles. The fraction of sp³-hybridized carbons (Fsp3) is 0.0625. The van der Waals surface area contributed by atoms with Crippen molar-refractivity contribution >= 4 is 39.2 Å². The Morgan fingerprint density at radius 3 is 2.70 bits per heavy atom. The number of hydrogen-bond acceptors (Lipinski definition) is 1. The number of likely N-dealkylation sites (N-methyl/N-ethyl adjacent to an activating group) is 1. The van der Waals surface area contributed by atoms with Gasteiger partial charge in [-0.2, -0.15) is 0 Å². The lowest BCUT2D eigenvalue weighted by Crippen LogP contribution is -2.20. The smallest absolute Gasteiger partial charge is 0.258 e. The highest BCUT2D eigenvalue weighted by atomic mass is 79.9. The van der Waals surface area contributed by atoms with Crippen LogP contribution in [0.5, 0.6) is 0 Å². The molecule has 1 heterocycles. The first-order chi connectivity index (χ1) is 9.58. The normalized spacial score (nSPS) is 15.8. The molecule has 2 aromatic carbocycles. The predicted octanol–water partition coefficient (Wildman–Crippen LogP) is 4.11. The summed E-state index contributed by atoms with van der Waals surface area (Å²) in [5, 5.41) is 0. The summed E-state index contributed by atoms with van der Waals surface area (Å²) in [6.07, 6.45) is 1.60. The molecule has 0 atom stereocenters. The number of nitrogens with zero attached hydrogens (tertiary/aromatic N) is 1. The molecule has 0 spiro atoms. The second-order valence-electron chi connectivity index (χ2n) is 4.61. The summed E-state index contributed by atoms with van der Waals surface area (Å²) in [6, 6.07) is 12.3. The van der Waals surface area contributed by atoms with Crippen LogP contribution in [0.25, 0.3) is 11.6 Å². The minimum atomic E-state index is -0.355. The SMILES string of the molecule is CN1C(=O)/C(=C\c2ccc(Br)cc2F)c2ccccc21. The summed E-state index contributed by atoms with van der Waals surface area (Å²) in [7, 11) is 1.72. The van der Waals surface area contributed by atoms with Crippen molar-refractivity contribution in [2.24, 2.45) is 0 Å². The van der Waals surface area contributed by atoms with Crippen LogP contribution in [0.3, 0.4) is 0 Å². The lowest BCUT2D eigenvalue weighted by atomic mass is 10.0. The topological polar surface area (TPSA) is 20.3 Å². The number of carbonyl (C=O) groups is 1. The molecule has 0 bridgehead atoms. The standard InChI is InChI=1S/C16H11BrFNO/c1-19-15-5-3-2-4-12(15)13(16(19)20)8-10-6-7-11(17)9-14(10)18/h2-9H,1H3/b13-8-. The molecule has 2 aromatic rings. The maximum absolute atomic E-state index is 13.9. The van der Waals surface area contributed by atoms with Crippen molar-refractivity contribution in [3.8, 4) is 0 Å². The van der Waals surface area contributed by atoms with E-state index in [1.165, 1.54) is 6.07 Å². The molecular formula is C16H11BrFNO. The summed E-state index contributed by atoms with van der Waals surface area (Å²) >= 11 is 3.22. The van der Waals surface area contributed by atoms with Crippen molar-refractivity contribution in [3.63, 3.8) is 0 Å². The van der Waals surface area contributed by atoms with E-state index in [1.54, 1.807) is 30.2 Å². The Bertz CT molecular complexity index is 739. The molecule has 1 aliphatic heterocycles. The molecular weight excluding hydrogens is 321 g/mol. The van der Waals surface area contributed by atoms with E-state index in [2.05, 4.69) is 15.9 Å². The second kappa shape index (κ2) is 4.87. The van der Waals surface area contributed by atoms with Gasteiger partial charge in [0.15, 0.2) is 0 Å². The van der Waals surface area contributed by atoms with E-state index < -0.39 is 0 Å². The molecule has 0 aliphatic carbocycles. The maximum atomic E-state index is 13.9. The first-order valence-corrected chi connectivity index (χ1v) is 6.91. The van der Waals surface area contributed by atoms with Gasteiger partial charge in [-0.05, 0) is 24.3 Å². The van der Waals surface area contributed by atoms with E-state index in [4.69, 9.17) is 0 Å². The first kappa shape index (κ1) is 13.1. The number of rotatable bonds is 1. The third-order valence-corrected chi connectivity index (χ3v) is 3.85. The molecule has 0 fully saturated rings. The molecule has 2 nitrogen and oxygen atoms in total. The fourth-order valence-corrected chi connectivity index (χ4v) is 2.65. The zero-order chi connectivity index (χ0) is 14.3. The average molecular weight is 332 g/mol. The number of halogens is 2. The van der Waals surface area contributed by atoms with Crippen molar-refractivity contribution in [1.29, 1.82) is 0 Å². The number of carbonyl (C=O) groups excluding carboxylic acids is 1. The summed E-state index contributed by atoms with van der Waals surface area (Å²) in [4.78, 5) is 13.9. The Balaban J connectivity index is 2.14. The Morgan fingerprint density at radius 1 is 1.20 bits per heavy atom. The van der Waals surface area contributed by atoms with E-state index in [1.807, 2.05) is 24.3 Å². The van der Waals surface area contributed by atoms with Crippen LogP contribution in [0.15, 0.2) is 46.9 Å². The van der Waals surface area contributed by atoms with Crippen LogP contribution in [0.2, 0.25) is 0 Å². The molecule has 0 radical (unpaired) electrons. The molecule has 3 rings (SSSR count). The van der Waals surface area contributed by atoms with E-state index in [-0.39, 0.29) is 11.7 Å². The van der Waals surface area contributed by atoms with Crippen molar-refractivity contribution in [2.75, 3.05) is 11.9 Å². The Hall–Kier alpha value is -1.94. The number of para-hydroxylation sites is 1. The highest BCUT2D eigenvalue weighted by molar-refractivity contribution is 9.10. The van der Waals surface area contributed by atoms with E-state index >= 15 is 0 Å². The van der Waals surface area contributed by atoms with Crippen LogP contribution in [0.4, 0.5) is 10.1 Å². The van der Waals surface area contributed by atoms with Gasteiger partial charge in [0.25, 0.3) is 5.91 Å². The number of amides is 1. The van der Waals surface area contributed by atoms with Gasteiger partial charge in [0.1, 0.15) is 5.82 Å². The van der Waals surface area contributed by atoms with Crippen LogP contribution in [-0.4, -0.2) is 13.0 Å². The van der Waals surface area contributed by atoms with Crippen molar-refractivity contribution in [1.82, 2.24) is 0 Å². The molecule has 0 saturated heterocycles. The third-order valence-electron chi connectivity index (χ3n) is 3.35. The second-order valence-corrected chi connectivity index (χ2v) is 5.52. The highest BCUT2D eigenvalue weighted by Gasteiger charge is 2.29. The maximum Gasteiger partial charge on any atom is 0.258 e. The predicted molar refractivity (Wildman–Crippen MR) is 81.8 cm³/mol. The van der Waals surface area contributed by atoms with Crippen LogP contribution < -0.4 is 4.90 Å².